The molecule has 0 fully saturated rings. The molecule has 2 aromatic heterocycles. The SMILES string of the molecule is COc1ccc(-n2cnnc2SCC(=O)Nc2ccc(-n3cccn3)cc2C(F)(F)F)cc1. The third kappa shape index (κ3) is 5.17. The summed E-state index contributed by atoms with van der Waals surface area (Å²) in [6, 6.07) is 12.3. The summed E-state index contributed by atoms with van der Waals surface area (Å²) < 4.78 is 48.9. The van der Waals surface area contributed by atoms with Gasteiger partial charge < -0.3 is 10.1 Å². The van der Waals surface area contributed by atoms with Crippen molar-refractivity contribution in [2.24, 2.45) is 0 Å². The van der Waals surface area contributed by atoms with E-state index in [1.807, 2.05) is 0 Å². The van der Waals surface area contributed by atoms with Crippen molar-refractivity contribution in [2.45, 2.75) is 11.3 Å². The Balaban J connectivity index is 1.47. The number of nitrogens with zero attached hydrogens (tertiary/aromatic N) is 5. The second kappa shape index (κ2) is 9.36. The Labute approximate surface area is 190 Å². The number of ether oxygens (including phenoxy) is 1. The van der Waals surface area contributed by atoms with Crippen molar-refractivity contribution in [2.75, 3.05) is 18.2 Å². The second-order valence-corrected chi connectivity index (χ2v) is 7.64. The van der Waals surface area contributed by atoms with E-state index in [2.05, 4.69) is 20.6 Å². The van der Waals surface area contributed by atoms with Crippen molar-refractivity contribution in [1.82, 2.24) is 24.5 Å². The molecule has 0 aliphatic rings. The first-order valence-corrected chi connectivity index (χ1v) is 10.5. The van der Waals surface area contributed by atoms with E-state index >= 15 is 0 Å². The summed E-state index contributed by atoms with van der Waals surface area (Å²) in [7, 11) is 1.56. The molecule has 0 bridgehead atoms. The summed E-state index contributed by atoms with van der Waals surface area (Å²) >= 11 is 1.05. The Morgan fingerprint density at radius 3 is 2.58 bits per heavy atom. The minimum Gasteiger partial charge on any atom is -0.497 e. The maximum atomic E-state index is 13.6. The molecule has 0 saturated carbocycles. The van der Waals surface area contributed by atoms with Gasteiger partial charge in [-0.1, -0.05) is 11.8 Å². The van der Waals surface area contributed by atoms with Gasteiger partial charge in [-0.05, 0) is 48.5 Å². The van der Waals surface area contributed by atoms with Crippen LogP contribution in [0.3, 0.4) is 0 Å². The fraction of sp³-hybridized carbons (Fsp3) is 0.143. The first-order chi connectivity index (χ1) is 15.8. The fourth-order valence-corrected chi connectivity index (χ4v) is 3.73. The zero-order chi connectivity index (χ0) is 23.4. The van der Waals surface area contributed by atoms with E-state index in [1.165, 1.54) is 35.5 Å². The van der Waals surface area contributed by atoms with Crippen LogP contribution in [0.5, 0.6) is 5.75 Å². The van der Waals surface area contributed by atoms with E-state index in [9.17, 15) is 18.0 Å². The number of carbonyl (C=O) groups excluding carboxylic acids is 1. The number of amides is 1. The molecule has 2 heterocycles. The number of hydrogen-bond acceptors (Lipinski definition) is 6. The average molecular weight is 474 g/mol. The number of carbonyl (C=O) groups is 1. The highest BCUT2D eigenvalue weighted by Crippen LogP contribution is 2.36. The van der Waals surface area contributed by atoms with Gasteiger partial charge in [0.1, 0.15) is 12.1 Å². The number of rotatable bonds is 7. The van der Waals surface area contributed by atoms with Crippen LogP contribution in [-0.4, -0.2) is 43.3 Å². The van der Waals surface area contributed by atoms with Gasteiger partial charge in [0.05, 0.1) is 29.8 Å². The molecule has 0 saturated heterocycles. The Morgan fingerprint density at radius 1 is 1.15 bits per heavy atom. The number of alkyl halides is 3. The maximum Gasteiger partial charge on any atom is 0.418 e. The summed E-state index contributed by atoms with van der Waals surface area (Å²) in [5.74, 6) is -0.0892. The van der Waals surface area contributed by atoms with Gasteiger partial charge in [0, 0.05) is 18.1 Å². The van der Waals surface area contributed by atoms with Crippen LogP contribution in [0.1, 0.15) is 5.56 Å². The Bertz CT molecular complexity index is 1240. The smallest absolute Gasteiger partial charge is 0.418 e. The Kier molecular flexibility index (Phi) is 6.36. The molecule has 2 aromatic carbocycles. The highest BCUT2D eigenvalue weighted by molar-refractivity contribution is 7.99. The molecule has 1 N–H and O–H groups in total. The van der Waals surface area contributed by atoms with E-state index < -0.39 is 17.6 Å². The van der Waals surface area contributed by atoms with Crippen LogP contribution >= 0.6 is 11.8 Å². The van der Waals surface area contributed by atoms with Crippen LogP contribution in [0.2, 0.25) is 0 Å². The van der Waals surface area contributed by atoms with Crippen LogP contribution < -0.4 is 10.1 Å². The summed E-state index contributed by atoms with van der Waals surface area (Å²) in [5.41, 5.74) is -0.319. The van der Waals surface area contributed by atoms with Crippen LogP contribution in [0, 0.1) is 0 Å². The summed E-state index contributed by atoms with van der Waals surface area (Å²) in [6.45, 7) is 0. The Morgan fingerprint density at radius 2 is 1.91 bits per heavy atom. The summed E-state index contributed by atoms with van der Waals surface area (Å²) in [5, 5.41) is 14.5. The number of benzene rings is 2. The summed E-state index contributed by atoms with van der Waals surface area (Å²) in [6.07, 6.45) is -0.181. The van der Waals surface area contributed by atoms with Crippen LogP contribution in [0.4, 0.5) is 18.9 Å². The predicted molar refractivity (Wildman–Crippen MR) is 116 cm³/mol. The number of hydrogen-bond donors (Lipinski definition) is 1. The van der Waals surface area contributed by atoms with Gasteiger partial charge in [-0.3, -0.25) is 9.36 Å². The minimum absolute atomic E-state index is 0.160. The lowest BCUT2D eigenvalue weighted by atomic mass is 10.1. The molecule has 0 aliphatic carbocycles. The number of thioether (sulfide) groups is 1. The first-order valence-electron chi connectivity index (χ1n) is 9.53. The molecule has 33 heavy (non-hydrogen) atoms. The molecular formula is C21H17F3N6O2S. The Hall–Kier alpha value is -3.80. The molecule has 0 aliphatic heterocycles. The monoisotopic (exact) mass is 474 g/mol. The van der Waals surface area contributed by atoms with E-state index in [1.54, 1.807) is 42.0 Å². The van der Waals surface area contributed by atoms with E-state index in [0.29, 0.717) is 10.9 Å². The van der Waals surface area contributed by atoms with E-state index in [0.717, 1.165) is 23.5 Å². The lowest BCUT2D eigenvalue weighted by Crippen LogP contribution is -2.19. The molecule has 170 valence electrons. The standard InChI is InChI=1S/C21H17F3N6O2S/c1-32-16-6-3-14(4-7-16)29-13-25-28-20(29)33-12-19(31)27-18-8-5-15(30-10-2-9-26-30)11-17(18)21(22,23)24/h2-11,13H,12H2,1H3,(H,27,31). The lowest BCUT2D eigenvalue weighted by molar-refractivity contribution is -0.137. The van der Waals surface area contributed by atoms with Crippen molar-refractivity contribution in [3.8, 4) is 17.1 Å². The molecular weight excluding hydrogens is 457 g/mol. The average Bonchev–Trinajstić information content (AvgIpc) is 3.50. The van der Waals surface area contributed by atoms with Crippen molar-refractivity contribution >= 4 is 23.4 Å². The molecule has 4 rings (SSSR count). The van der Waals surface area contributed by atoms with Crippen molar-refractivity contribution in [1.29, 1.82) is 0 Å². The first kappa shape index (κ1) is 22.4. The van der Waals surface area contributed by atoms with Crippen molar-refractivity contribution in [3.05, 3.63) is 72.8 Å². The normalized spacial score (nSPS) is 11.4. The molecule has 0 unspecified atom stereocenters. The molecule has 0 radical (unpaired) electrons. The van der Waals surface area contributed by atoms with Gasteiger partial charge in [-0.15, -0.1) is 10.2 Å². The van der Waals surface area contributed by atoms with Crippen LogP contribution in [0.15, 0.2) is 72.4 Å². The number of nitrogens with one attached hydrogen (secondary N) is 1. The van der Waals surface area contributed by atoms with Crippen molar-refractivity contribution in [3.63, 3.8) is 0 Å². The van der Waals surface area contributed by atoms with Gasteiger partial charge in [-0.25, -0.2) is 4.68 Å². The molecule has 0 atom stereocenters. The molecule has 8 nitrogen and oxygen atoms in total. The topological polar surface area (TPSA) is 86.9 Å². The molecule has 0 spiro atoms. The molecule has 1 amide bonds. The van der Waals surface area contributed by atoms with Gasteiger partial charge in [0.25, 0.3) is 0 Å². The maximum absolute atomic E-state index is 13.6. The highest BCUT2D eigenvalue weighted by atomic mass is 32.2. The zero-order valence-corrected chi connectivity index (χ0v) is 18.0. The van der Waals surface area contributed by atoms with Gasteiger partial charge in [-0.2, -0.15) is 18.3 Å². The third-order valence-corrected chi connectivity index (χ3v) is 5.49. The quantitative estimate of drug-likeness (QED) is 0.404. The van der Waals surface area contributed by atoms with Gasteiger partial charge in [0.2, 0.25) is 5.91 Å². The highest BCUT2D eigenvalue weighted by Gasteiger charge is 2.34. The largest absolute Gasteiger partial charge is 0.497 e. The van der Waals surface area contributed by atoms with Crippen molar-refractivity contribution < 1.29 is 22.7 Å². The van der Waals surface area contributed by atoms with E-state index in [4.69, 9.17) is 4.74 Å². The van der Waals surface area contributed by atoms with Crippen LogP contribution in [0.25, 0.3) is 11.4 Å². The molecule has 12 heteroatoms. The number of halogens is 3. The number of anilines is 1. The second-order valence-electron chi connectivity index (χ2n) is 6.70. The van der Waals surface area contributed by atoms with Crippen LogP contribution in [-0.2, 0) is 11.0 Å². The summed E-state index contributed by atoms with van der Waals surface area (Å²) in [4.78, 5) is 12.4. The van der Waals surface area contributed by atoms with Gasteiger partial charge in [0.15, 0.2) is 5.16 Å². The number of methoxy groups -OCH3 is 1. The third-order valence-electron chi connectivity index (χ3n) is 4.55. The zero-order valence-electron chi connectivity index (χ0n) is 17.2. The lowest BCUT2D eigenvalue weighted by Gasteiger charge is -2.15. The minimum atomic E-state index is -4.66. The number of aromatic nitrogens is 5. The predicted octanol–water partition coefficient (Wildman–Crippen LogP) is 4.21. The molecule has 4 aromatic rings. The van der Waals surface area contributed by atoms with Gasteiger partial charge >= 0.3 is 6.18 Å². The van der Waals surface area contributed by atoms with E-state index in [-0.39, 0.29) is 17.1 Å². The fourth-order valence-electron chi connectivity index (χ4n) is 3.00.